The van der Waals surface area contributed by atoms with E-state index in [9.17, 15) is 9.90 Å². The molecule has 0 radical (unpaired) electrons. The molecule has 5 heteroatoms. The predicted octanol–water partition coefficient (Wildman–Crippen LogP) is 2.56. The zero-order valence-corrected chi connectivity index (χ0v) is 12.8. The fraction of sp³-hybridized carbons (Fsp3) is 0.688. The van der Waals surface area contributed by atoms with Gasteiger partial charge in [0.15, 0.2) is 0 Å². The van der Waals surface area contributed by atoms with Crippen LogP contribution in [0.5, 0.6) is 0 Å². The minimum Gasteiger partial charge on any atom is -0.481 e. The first-order chi connectivity index (χ1) is 10.00. The van der Waals surface area contributed by atoms with Crippen LogP contribution < -0.4 is 4.90 Å². The van der Waals surface area contributed by atoms with Crippen LogP contribution in [-0.2, 0) is 4.79 Å². The summed E-state index contributed by atoms with van der Waals surface area (Å²) >= 11 is 0. The fourth-order valence-corrected chi connectivity index (χ4v) is 4.11. The maximum Gasteiger partial charge on any atom is 0.308 e. The number of anilines is 1. The molecule has 1 aliphatic carbocycles. The highest BCUT2D eigenvalue weighted by molar-refractivity contribution is 5.73. The van der Waals surface area contributed by atoms with Crippen LogP contribution in [0.3, 0.4) is 0 Å². The first-order valence-electron chi connectivity index (χ1n) is 7.80. The van der Waals surface area contributed by atoms with E-state index in [1.54, 1.807) is 0 Å². The Morgan fingerprint density at radius 3 is 2.62 bits per heavy atom. The Morgan fingerprint density at radius 2 is 2.00 bits per heavy atom. The van der Waals surface area contributed by atoms with Crippen molar-refractivity contribution in [2.75, 3.05) is 18.0 Å². The number of carboxylic acid groups (broad SMARTS) is 1. The van der Waals surface area contributed by atoms with Crippen molar-refractivity contribution in [3.05, 3.63) is 17.6 Å². The number of hydrogen-bond acceptors (Lipinski definition) is 4. The van der Waals surface area contributed by atoms with Crippen LogP contribution in [0.25, 0.3) is 0 Å². The molecule has 0 aromatic carbocycles. The molecular formula is C16H23N3O2. The lowest BCUT2D eigenvalue weighted by Gasteiger charge is -2.36. The van der Waals surface area contributed by atoms with Gasteiger partial charge in [-0.2, -0.15) is 0 Å². The van der Waals surface area contributed by atoms with Gasteiger partial charge in [-0.05, 0) is 26.7 Å². The Morgan fingerprint density at radius 1 is 1.29 bits per heavy atom. The first-order valence-corrected chi connectivity index (χ1v) is 7.80. The molecule has 1 spiro atoms. The van der Waals surface area contributed by atoms with Crippen LogP contribution in [-0.4, -0.2) is 34.1 Å². The third-order valence-electron chi connectivity index (χ3n) is 5.07. The van der Waals surface area contributed by atoms with Crippen molar-refractivity contribution < 1.29 is 9.90 Å². The van der Waals surface area contributed by atoms with Gasteiger partial charge in [-0.15, -0.1) is 0 Å². The summed E-state index contributed by atoms with van der Waals surface area (Å²) < 4.78 is 0. The second-order valence-corrected chi connectivity index (χ2v) is 6.61. The highest BCUT2D eigenvalue weighted by Gasteiger charge is 2.50. The maximum absolute atomic E-state index is 11.7. The lowest BCUT2D eigenvalue weighted by Crippen LogP contribution is -2.36. The van der Waals surface area contributed by atoms with Gasteiger partial charge in [-0.25, -0.2) is 9.97 Å². The molecule has 21 heavy (non-hydrogen) atoms. The van der Waals surface area contributed by atoms with Gasteiger partial charge in [0.25, 0.3) is 0 Å². The summed E-state index contributed by atoms with van der Waals surface area (Å²) in [5, 5.41) is 9.65. The normalized spacial score (nSPS) is 24.5. The predicted molar refractivity (Wildman–Crippen MR) is 80.4 cm³/mol. The molecule has 5 nitrogen and oxygen atoms in total. The lowest BCUT2D eigenvalue weighted by molar-refractivity contribution is -0.145. The molecule has 1 saturated carbocycles. The van der Waals surface area contributed by atoms with Gasteiger partial charge in [0.1, 0.15) is 11.6 Å². The number of aromatic nitrogens is 2. The molecule has 1 aliphatic heterocycles. The molecular weight excluding hydrogens is 266 g/mol. The van der Waals surface area contributed by atoms with Crippen molar-refractivity contribution in [3.8, 4) is 0 Å². The van der Waals surface area contributed by atoms with E-state index in [4.69, 9.17) is 0 Å². The summed E-state index contributed by atoms with van der Waals surface area (Å²) in [5.41, 5.74) is 0.880. The Bertz CT molecular complexity index is 532. The average molecular weight is 289 g/mol. The van der Waals surface area contributed by atoms with E-state index in [2.05, 4.69) is 14.9 Å². The Kier molecular flexibility index (Phi) is 3.59. The van der Waals surface area contributed by atoms with Crippen molar-refractivity contribution in [1.29, 1.82) is 0 Å². The van der Waals surface area contributed by atoms with Crippen molar-refractivity contribution in [1.82, 2.24) is 9.97 Å². The van der Waals surface area contributed by atoms with Crippen molar-refractivity contribution in [3.63, 3.8) is 0 Å². The third-order valence-corrected chi connectivity index (χ3v) is 5.07. The number of rotatable bonds is 2. The van der Waals surface area contributed by atoms with Crippen LogP contribution in [0.15, 0.2) is 6.07 Å². The van der Waals surface area contributed by atoms with Gasteiger partial charge in [0.05, 0.1) is 5.92 Å². The van der Waals surface area contributed by atoms with E-state index < -0.39 is 5.97 Å². The number of carboxylic acids is 1. The molecule has 1 aromatic rings. The van der Waals surface area contributed by atoms with Crippen LogP contribution in [0.4, 0.5) is 5.82 Å². The van der Waals surface area contributed by atoms with Crippen molar-refractivity contribution in [2.45, 2.75) is 46.0 Å². The number of carbonyl (C=O) groups is 1. The molecule has 2 fully saturated rings. The van der Waals surface area contributed by atoms with Crippen molar-refractivity contribution in [2.24, 2.45) is 11.3 Å². The van der Waals surface area contributed by atoms with E-state index in [0.29, 0.717) is 6.54 Å². The SMILES string of the molecule is Cc1cc(N2CC(C(=O)O)C3(CCCCC3)C2)nc(C)n1. The third kappa shape index (κ3) is 2.61. The molecule has 1 aromatic heterocycles. The van der Waals surface area contributed by atoms with Crippen LogP contribution >= 0.6 is 0 Å². The smallest absolute Gasteiger partial charge is 0.308 e. The van der Waals surface area contributed by atoms with Crippen LogP contribution in [0.2, 0.25) is 0 Å². The standard InChI is InChI=1S/C16H23N3O2/c1-11-8-14(18-12(2)17-11)19-9-13(15(20)21)16(10-19)6-4-3-5-7-16/h8,13H,3-7,9-10H2,1-2H3,(H,20,21). The monoisotopic (exact) mass is 289 g/mol. The molecule has 2 heterocycles. The Labute approximate surface area is 125 Å². The first kappa shape index (κ1) is 14.3. The summed E-state index contributed by atoms with van der Waals surface area (Å²) in [6.45, 7) is 5.24. The second-order valence-electron chi connectivity index (χ2n) is 6.61. The molecule has 1 N–H and O–H groups in total. The van der Waals surface area contributed by atoms with E-state index in [0.717, 1.165) is 49.6 Å². The molecule has 3 rings (SSSR count). The van der Waals surface area contributed by atoms with E-state index in [-0.39, 0.29) is 11.3 Å². The number of aliphatic carboxylic acids is 1. The highest BCUT2D eigenvalue weighted by atomic mass is 16.4. The lowest BCUT2D eigenvalue weighted by atomic mass is 9.68. The zero-order chi connectivity index (χ0) is 15.0. The van der Waals surface area contributed by atoms with Crippen LogP contribution in [0, 0.1) is 25.2 Å². The average Bonchev–Trinajstić information content (AvgIpc) is 2.78. The summed E-state index contributed by atoms with van der Waals surface area (Å²) in [6, 6.07) is 1.97. The van der Waals surface area contributed by atoms with Gasteiger partial charge in [0, 0.05) is 30.3 Å². The summed E-state index contributed by atoms with van der Waals surface area (Å²) in [6.07, 6.45) is 5.60. The van der Waals surface area contributed by atoms with Gasteiger partial charge in [0.2, 0.25) is 0 Å². The van der Waals surface area contributed by atoms with Crippen LogP contribution in [0.1, 0.15) is 43.6 Å². The van der Waals surface area contributed by atoms with Gasteiger partial charge >= 0.3 is 5.97 Å². The molecule has 0 amide bonds. The quantitative estimate of drug-likeness (QED) is 0.906. The highest BCUT2D eigenvalue weighted by Crippen LogP contribution is 2.48. The molecule has 0 bridgehead atoms. The van der Waals surface area contributed by atoms with Crippen molar-refractivity contribution >= 4 is 11.8 Å². The molecule has 2 aliphatic rings. The molecule has 1 atom stereocenters. The Balaban J connectivity index is 1.90. The number of aryl methyl sites for hydroxylation is 2. The zero-order valence-electron chi connectivity index (χ0n) is 12.8. The second kappa shape index (κ2) is 5.28. The Hall–Kier alpha value is -1.65. The number of nitrogens with zero attached hydrogens (tertiary/aromatic N) is 3. The fourth-order valence-electron chi connectivity index (χ4n) is 4.11. The molecule has 1 saturated heterocycles. The largest absolute Gasteiger partial charge is 0.481 e. The van der Waals surface area contributed by atoms with Gasteiger partial charge < -0.3 is 10.0 Å². The topological polar surface area (TPSA) is 66.3 Å². The molecule has 1 unspecified atom stereocenters. The summed E-state index contributed by atoms with van der Waals surface area (Å²) in [5.74, 6) is 0.713. The minimum absolute atomic E-state index is 0.0587. The van der Waals surface area contributed by atoms with E-state index in [1.807, 2.05) is 19.9 Å². The van der Waals surface area contributed by atoms with E-state index >= 15 is 0 Å². The maximum atomic E-state index is 11.7. The number of hydrogen-bond donors (Lipinski definition) is 1. The minimum atomic E-state index is -0.651. The molecule has 114 valence electrons. The van der Waals surface area contributed by atoms with Gasteiger partial charge in [-0.3, -0.25) is 4.79 Å². The van der Waals surface area contributed by atoms with Gasteiger partial charge in [-0.1, -0.05) is 19.3 Å². The van der Waals surface area contributed by atoms with E-state index in [1.165, 1.54) is 6.42 Å². The summed E-state index contributed by atoms with van der Waals surface area (Å²) in [7, 11) is 0. The summed E-state index contributed by atoms with van der Waals surface area (Å²) in [4.78, 5) is 22.7.